The Hall–Kier alpha value is -2.95. The summed E-state index contributed by atoms with van der Waals surface area (Å²) in [5.41, 5.74) is 2.13. The van der Waals surface area contributed by atoms with Crippen molar-refractivity contribution < 1.29 is 18.7 Å². The maximum atomic E-state index is 12.6. The van der Waals surface area contributed by atoms with Crippen molar-refractivity contribution in [2.45, 2.75) is 19.9 Å². The zero-order valence-electron chi connectivity index (χ0n) is 14.8. The number of fused-ring (bicyclic) bond motifs is 1. The van der Waals surface area contributed by atoms with Crippen LogP contribution in [0.4, 0.5) is 0 Å². The molecule has 3 rings (SSSR count). The molecule has 0 aliphatic heterocycles. The predicted octanol–water partition coefficient (Wildman–Crippen LogP) is 4.25. The number of methoxy groups -OCH3 is 2. The highest BCUT2D eigenvalue weighted by Gasteiger charge is 2.18. The Bertz CT molecular complexity index is 855. The lowest BCUT2D eigenvalue weighted by atomic mass is 10.1. The minimum absolute atomic E-state index is 0.218. The van der Waals surface area contributed by atoms with Gasteiger partial charge in [0.25, 0.3) is 5.91 Å². The van der Waals surface area contributed by atoms with E-state index in [4.69, 9.17) is 13.9 Å². The highest BCUT2D eigenvalue weighted by molar-refractivity contribution is 5.95. The average molecular weight is 339 g/mol. The van der Waals surface area contributed by atoms with Gasteiger partial charge >= 0.3 is 0 Å². The molecule has 5 heteroatoms. The van der Waals surface area contributed by atoms with Crippen molar-refractivity contribution in [2.24, 2.45) is 0 Å². The summed E-state index contributed by atoms with van der Waals surface area (Å²) in [6.07, 6.45) is 0. The van der Waals surface area contributed by atoms with Crippen LogP contribution in [0.25, 0.3) is 11.0 Å². The van der Waals surface area contributed by atoms with E-state index >= 15 is 0 Å². The third-order valence-corrected chi connectivity index (χ3v) is 4.23. The molecule has 0 radical (unpaired) electrons. The topological polar surface area (TPSA) is 60.7 Å². The van der Waals surface area contributed by atoms with Crippen molar-refractivity contribution >= 4 is 16.9 Å². The Kier molecular flexibility index (Phi) is 4.65. The van der Waals surface area contributed by atoms with E-state index in [0.29, 0.717) is 22.8 Å². The number of rotatable bonds is 5. The Morgan fingerprint density at radius 3 is 2.32 bits per heavy atom. The third kappa shape index (κ3) is 3.31. The number of nitrogens with one attached hydrogen (secondary N) is 1. The smallest absolute Gasteiger partial charge is 0.252 e. The van der Waals surface area contributed by atoms with E-state index in [-0.39, 0.29) is 11.9 Å². The lowest BCUT2D eigenvalue weighted by molar-refractivity contribution is 0.0935. The zero-order valence-corrected chi connectivity index (χ0v) is 14.8. The van der Waals surface area contributed by atoms with Gasteiger partial charge in [-0.05, 0) is 38.1 Å². The van der Waals surface area contributed by atoms with Gasteiger partial charge < -0.3 is 19.2 Å². The first-order valence-corrected chi connectivity index (χ1v) is 8.05. The van der Waals surface area contributed by atoms with E-state index in [9.17, 15) is 4.79 Å². The molecule has 0 saturated heterocycles. The highest BCUT2D eigenvalue weighted by atomic mass is 16.5. The molecule has 5 nitrogen and oxygen atoms in total. The summed E-state index contributed by atoms with van der Waals surface area (Å²) in [7, 11) is 3.14. The fourth-order valence-corrected chi connectivity index (χ4v) is 2.78. The Morgan fingerprint density at radius 1 is 1.08 bits per heavy atom. The van der Waals surface area contributed by atoms with Crippen LogP contribution in [0, 0.1) is 6.92 Å². The van der Waals surface area contributed by atoms with Gasteiger partial charge in [-0.2, -0.15) is 0 Å². The zero-order chi connectivity index (χ0) is 18.0. The van der Waals surface area contributed by atoms with E-state index in [2.05, 4.69) is 5.32 Å². The first-order chi connectivity index (χ1) is 12.0. The van der Waals surface area contributed by atoms with Crippen LogP contribution in [0.3, 0.4) is 0 Å². The molecule has 130 valence electrons. The van der Waals surface area contributed by atoms with Crippen LogP contribution < -0.4 is 14.8 Å². The third-order valence-electron chi connectivity index (χ3n) is 4.23. The second-order valence-electron chi connectivity index (χ2n) is 5.89. The van der Waals surface area contributed by atoms with E-state index < -0.39 is 0 Å². The second kappa shape index (κ2) is 6.89. The molecule has 3 aromatic rings. The molecule has 0 aliphatic carbocycles. The standard InChI is InChI=1S/C20H21NO4/c1-12-17(23-3)10-15(11-18(12)24-4)20(22)21-13(2)19-9-14-7-5-6-8-16(14)25-19/h5-11,13H,1-4H3,(H,21,22)/t13-/m1/s1. The summed E-state index contributed by atoms with van der Waals surface area (Å²) in [4.78, 5) is 12.6. The largest absolute Gasteiger partial charge is 0.496 e. The van der Waals surface area contributed by atoms with Crippen LogP contribution in [0.15, 0.2) is 46.9 Å². The maximum absolute atomic E-state index is 12.6. The molecule has 0 spiro atoms. The van der Waals surface area contributed by atoms with Crippen LogP contribution in [0.2, 0.25) is 0 Å². The van der Waals surface area contributed by atoms with Gasteiger partial charge in [-0.15, -0.1) is 0 Å². The first-order valence-electron chi connectivity index (χ1n) is 8.05. The molecular formula is C20H21NO4. The summed E-state index contributed by atoms with van der Waals surface area (Å²) in [5.74, 6) is 1.71. The number of carbonyl (C=O) groups is 1. The summed E-state index contributed by atoms with van der Waals surface area (Å²) < 4.78 is 16.5. The minimum Gasteiger partial charge on any atom is -0.496 e. The van der Waals surface area contributed by atoms with Gasteiger partial charge in [0, 0.05) is 16.5 Å². The SMILES string of the molecule is COc1cc(C(=O)N[C@H](C)c2cc3ccccc3o2)cc(OC)c1C. The summed E-state index contributed by atoms with van der Waals surface area (Å²) in [6, 6.07) is 12.8. The van der Waals surface area contributed by atoms with Gasteiger partial charge in [0.1, 0.15) is 22.8 Å². The van der Waals surface area contributed by atoms with Crippen LogP contribution in [-0.2, 0) is 0 Å². The molecule has 25 heavy (non-hydrogen) atoms. The monoisotopic (exact) mass is 339 g/mol. The molecule has 0 aliphatic rings. The number of ether oxygens (including phenoxy) is 2. The maximum Gasteiger partial charge on any atom is 0.252 e. The number of benzene rings is 2. The molecule has 1 aromatic heterocycles. The van der Waals surface area contributed by atoms with Crippen LogP contribution in [0.5, 0.6) is 11.5 Å². The molecule has 1 atom stereocenters. The van der Waals surface area contributed by atoms with Gasteiger partial charge in [0.2, 0.25) is 0 Å². The quantitative estimate of drug-likeness (QED) is 0.755. The number of carbonyl (C=O) groups excluding carboxylic acids is 1. The molecule has 0 fully saturated rings. The summed E-state index contributed by atoms with van der Waals surface area (Å²) in [6.45, 7) is 3.77. The number of hydrogen-bond donors (Lipinski definition) is 1. The number of hydrogen-bond acceptors (Lipinski definition) is 4. The molecule has 1 heterocycles. The lowest BCUT2D eigenvalue weighted by Gasteiger charge is -2.15. The normalized spacial score (nSPS) is 12.0. The highest BCUT2D eigenvalue weighted by Crippen LogP contribution is 2.30. The van der Waals surface area contributed by atoms with Gasteiger partial charge in [0.15, 0.2) is 0 Å². The minimum atomic E-state index is -0.266. The molecule has 0 unspecified atom stereocenters. The fraction of sp³-hybridized carbons (Fsp3) is 0.250. The molecular weight excluding hydrogens is 318 g/mol. The number of para-hydroxylation sites is 1. The average Bonchev–Trinajstić information content (AvgIpc) is 3.06. The van der Waals surface area contributed by atoms with E-state index in [1.807, 2.05) is 44.2 Å². The molecule has 0 saturated carbocycles. The van der Waals surface area contributed by atoms with Crippen molar-refractivity contribution in [3.63, 3.8) is 0 Å². The predicted molar refractivity (Wildman–Crippen MR) is 96.4 cm³/mol. The first kappa shape index (κ1) is 16.9. The van der Waals surface area contributed by atoms with Gasteiger partial charge in [-0.1, -0.05) is 18.2 Å². The van der Waals surface area contributed by atoms with Crippen LogP contribution in [-0.4, -0.2) is 20.1 Å². The Labute approximate surface area is 146 Å². The Morgan fingerprint density at radius 2 is 1.72 bits per heavy atom. The van der Waals surface area contributed by atoms with Crippen molar-refractivity contribution in [3.05, 3.63) is 59.4 Å². The van der Waals surface area contributed by atoms with Crippen LogP contribution >= 0.6 is 0 Å². The number of amides is 1. The van der Waals surface area contributed by atoms with Crippen LogP contribution in [0.1, 0.15) is 34.6 Å². The molecule has 1 N–H and O–H groups in total. The van der Waals surface area contributed by atoms with Gasteiger partial charge in [-0.3, -0.25) is 4.79 Å². The van der Waals surface area contributed by atoms with E-state index in [0.717, 1.165) is 16.5 Å². The van der Waals surface area contributed by atoms with Crippen molar-refractivity contribution in [3.8, 4) is 11.5 Å². The number of furan rings is 1. The van der Waals surface area contributed by atoms with Crippen molar-refractivity contribution in [2.75, 3.05) is 14.2 Å². The lowest BCUT2D eigenvalue weighted by Crippen LogP contribution is -2.26. The van der Waals surface area contributed by atoms with Crippen molar-refractivity contribution in [1.82, 2.24) is 5.32 Å². The van der Waals surface area contributed by atoms with Crippen molar-refractivity contribution in [1.29, 1.82) is 0 Å². The summed E-state index contributed by atoms with van der Waals surface area (Å²) >= 11 is 0. The summed E-state index contributed by atoms with van der Waals surface area (Å²) in [5, 5.41) is 3.96. The second-order valence-corrected chi connectivity index (χ2v) is 5.89. The van der Waals surface area contributed by atoms with E-state index in [1.165, 1.54) is 0 Å². The van der Waals surface area contributed by atoms with Gasteiger partial charge in [0.05, 0.1) is 20.3 Å². The van der Waals surface area contributed by atoms with Gasteiger partial charge in [-0.25, -0.2) is 0 Å². The molecule has 0 bridgehead atoms. The van der Waals surface area contributed by atoms with E-state index in [1.54, 1.807) is 26.4 Å². The molecule has 2 aromatic carbocycles. The fourth-order valence-electron chi connectivity index (χ4n) is 2.78. The molecule has 1 amide bonds. The Balaban J connectivity index is 1.83.